The zero-order valence-electron chi connectivity index (χ0n) is 20.7. The molecule has 2 heterocycles. The second-order valence-corrected chi connectivity index (χ2v) is 9.63. The molecule has 1 amide bonds. The van der Waals surface area contributed by atoms with Crippen molar-refractivity contribution in [1.82, 2.24) is 5.32 Å². The van der Waals surface area contributed by atoms with Gasteiger partial charge < -0.3 is 19.7 Å². The molecule has 0 unspecified atom stereocenters. The van der Waals surface area contributed by atoms with E-state index >= 15 is 0 Å². The van der Waals surface area contributed by atoms with Gasteiger partial charge in [-0.05, 0) is 40.6 Å². The standard InChI is InChI=1S/C26H27N3O7/c1-25(2)20(11-9-18-23(31)35-26(3,4)36-24(18)32)28(13-12-21(30)27-5)19-10-6-15-14-16(29(33)34)7-8-17(15)22(19)25/h6-11,14H,12-13H2,1-5H3,(H,27,30). The molecule has 1 saturated heterocycles. The van der Waals surface area contributed by atoms with Gasteiger partial charge >= 0.3 is 11.9 Å². The molecule has 188 valence electrons. The first kappa shape index (κ1) is 24.9. The van der Waals surface area contributed by atoms with E-state index in [1.807, 2.05) is 30.9 Å². The summed E-state index contributed by atoms with van der Waals surface area (Å²) in [5, 5.41) is 15.4. The fourth-order valence-corrected chi connectivity index (χ4v) is 4.73. The summed E-state index contributed by atoms with van der Waals surface area (Å²) in [6, 6.07) is 8.40. The molecule has 10 heteroatoms. The van der Waals surface area contributed by atoms with Gasteiger partial charge in [0.15, 0.2) is 0 Å². The maximum Gasteiger partial charge on any atom is 0.348 e. The summed E-state index contributed by atoms with van der Waals surface area (Å²) in [4.78, 5) is 49.8. The SMILES string of the molecule is CNC(=O)CCN1C(=CC=C2C(=O)OC(C)(C)OC2=O)C(C)(C)c2c1ccc1cc([N+](=O)[O-])ccc21. The minimum Gasteiger partial charge on any atom is -0.419 e. The van der Waals surface area contributed by atoms with Crippen molar-refractivity contribution in [2.24, 2.45) is 0 Å². The largest absolute Gasteiger partial charge is 0.419 e. The van der Waals surface area contributed by atoms with E-state index in [1.165, 1.54) is 32.1 Å². The summed E-state index contributed by atoms with van der Waals surface area (Å²) < 4.78 is 10.4. The van der Waals surface area contributed by atoms with Crippen LogP contribution in [0, 0.1) is 10.1 Å². The lowest BCUT2D eigenvalue weighted by atomic mass is 9.81. The van der Waals surface area contributed by atoms with E-state index in [-0.39, 0.29) is 23.6 Å². The highest BCUT2D eigenvalue weighted by Gasteiger charge is 2.42. The Morgan fingerprint density at radius 1 is 1.08 bits per heavy atom. The average Bonchev–Trinajstić information content (AvgIpc) is 3.01. The Labute approximate surface area is 207 Å². The first-order valence-electron chi connectivity index (χ1n) is 11.4. The van der Waals surface area contributed by atoms with Crippen LogP contribution in [0.2, 0.25) is 0 Å². The second kappa shape index (κ2) is 8.78. The van der Waals surface area contributed by atoms with Gasteiger partial charge in [0.05, 0.1) is 4.92 Å². The summed E-state index contributed by atoms with van der Waals surface area (Å²) in [5.74, 6) is -3.05. The number of anilines is 1. The van der Waals surface area contributed by atoms with E-state index in [9.17, 15) is 24.5 Å². The predicted molar refractivity (Wildman–Crippen MR) is 132 cm³/mol. The van der Waals surface area contributed by atoms with Gasteiger partial charge in [-0.1, -0.05) is 19.9 Å². The fourth-order valence-electron chi connectivity index (χ4n) is 4.73. The van der Waals surface area contributed by atoms with E-state index in [0.29, 0.717) is 11.9 Å². The number of hydrogen-bond donors (Lipinski definition) is 1. The minimum absolute atomic E-state index is 0.00697. The van der Waals surface area contributed by atoms with Gasteiger partial charge in [-0.3, -0.25) is 14.9 Å². The van der Waals surface area contributed by atoms with Crippen molar-refractivity contribution in [1.29, 1.82) is 0 Å². The summed E-state index contributed by atoms with van der Waals surface area (Å²) in [6.07, 6.45) is 3.25. The number of ether oxygens (including phenoxy) is 2. The number of carbonyl (C=O) groups is 3. The van der Waals surface area contributed by atoms with E-state index < -0.39 is 28.1 Å². The number of nitro benzene ring substituents is 1. The Balaban J connectivity index is 1.85. The first-order chi connectivity index (χ1) is 16.9. The van der Waals surface area contributed by atoms with Crippen molar-refractivity contribution in [3.63, 3.8) is 0 Å². The number of nitro groups is 1. The van der Waals surface area contributed by atoms with Gasteiger partial charge in [0.25, 0.3) is 11.5 Å². The number of benzene rings is 2. The highest BCUT2D eigenvalue weighted by atomic mass is 16.7. The van der Waals surface area contributed by atoms with Crippen molar-refractivity contribution in [2.45, 2.75) is 45.3 Å². The predicted octanol–water partition coefficient (Wildman–Crippen LogP) is 3.63. The smallest absolute Gasteiger partial charge is 0.348 e. The minimum atomic E-state index is -1.34. The molecule has 1 fully saturated rings. The van der Waals surface area contributed by atoms with E-state index in [0.717, 1.165) is 22.3 Å². The molecule has 0 spiro atoms. The van der Waals surface area contributed by atoms with E-state index in [1.54, 1.807) is 19.2 Å². The number of nitrogens with zero attached hydrogens (tertiary/aromatic N) is 2. The van der Waals surface area contributed by atoms with Crippen molar-refractivity contribution in [2.75, 3.05) is 18.5 Å². The van der Waals surface area contributed by atoms with E-state index in [2.05, 4.69) is 5.32 Å². The molecule has 10 nitrogen and oxygen atoms in total. The summed E-state index contributed by atoms with van der Waals surface area (Å²) in [6.45, 7) is 7.26. The van der Waals surface area contributed by atoms with Gasteiger partial charge in [-0.25, -0.2) is 9.59 Å². The Hall–Kier alpha value is -4.21. The topological polar surface area (TPSA) is 128 Å². The molecule has 2 aliphatic rings. The van der Waals surface area contributed by atoms with Crippen molar-refractivity contribution >= 4 is 40.0 Å². The summed E-state index contributed by atoms with van der Waals surface area (Å²) >= 11 is 0. The molecule has 2 aromatic carbocycles. The molecule has 2 aliphatic heterocycles. The van der Waals surface area contributed by atoms with Crippen LogP contribution in [0.4, 0.5) is 11.4 Å². The molecule has 0 atom stereocenters. The van der Waals surface area contributed by atoms with Gasteiger partial charge in [0.1, 0.15) is 5.57 Å². The lowest BCUT2D eigenvalue weighted by Gasteiger charge is -2.30. The zero-order valence-corrected chi connectivity index (χ0v) is 20.7. The number of rotatable bonds is 5. The quantitative estimate of drug-likeness (QED) is 0.220. The third-order valence-corrected chi connectivity index (χ3v) is 6.41. The van der Waals surface area contributed by atoms with Gasteiger partial charge in [-0.2, -0.15) is 0 Å². The Morgan fingerprint density at radius 2 is 1.75 bits per heavy atom. The van der Waals surface area contributed by atoms with Crippen LogP contribution < -0.4 is 10.2 Å². The Morgan fingerprint density at radius 3 is 2.36 bits per heavy atom. The molecule has 4 rings (SSSR count). The maximum atomic E-state index is 12.5. The van der Waals surface area contributed by atoms with Crippen LogP contribution in [0.5, 0.6) is 0 Å². The fraction of sp³-hybridized carbons (Fsp3) is 0.346. The van der Waals surface area contributed by atoms with Gasteiger partial charge in [0.2, 0.25) is 5.91 Å². The number of carbonyl (C=O) groups excluding carboxylic acids is 3. The average molecular weight is 494 g/mol. The second-order valence-electron chi connectivity index (χ2n) is 9.63. The van der Waals surface area contributed by atoms with Crippen molar-refractivity contribution in [3.8, 4) is 0 Å². The Kier molecular flexibility index (Phi) is 6.07. The van der Waals surface area contributed by atoms with Gasteiger partial charge in [-0.15, -0.1) is 0 Å². The molecule has 36 heavy (non-hydrogen) atoms. The van der Waals surface area contributed by atoms with Crippen molar-refractivity contribution < 1.29 is 28.8 Å². The number of amides is 1. The van der Waals surface area contributed by atoms with Crippen LogP contribution in [-0.2, 0) is 29.3 Å². The lowest BCUT2D eigenvalue weighted by Crippen LogP contribution is -2.41. The van der Waals surface area contributed by atoms with Crippen LogP contribution in [0.15, 0.2) is 53.8 Å². The molecular formula is C26H27N3O7. The molecular weight excluding hydrogens is 466 g/mol. The number of esters is 2. The third kappa shape index (κ3) is 4.30. The van der Waals surface area contributed by atoms with Crippen LogP contribution in [0.3, 0.4) is 0 Å². The first-order valence-corrected chi connectivity index (χ1v) is 11.4. The lowest BCUT2D eigenvalue weighted by molar-refractivity contribution is -0.384. The highest BCUT2D eigenvalue weighted by molar-refractivity contribution is 6.15. The molecule has 0 bridgehead atoms. The highest BCUT2D eigenvalue weighted by Crippen LogP contribution is 2.51. The number of non-ortho nitro benzene ring substituents is 1. The third-order valence-electron chi connectivity index (χ3n) is 6.41. The molecule has 0 aliphatic carbocycles. The van der Waals surface area contributed by atoms with Crippen molar-refractivity contribution in [3.05, 3.63) is 69.4 Å². The molecule has 1 N–H and O–H groups in total. The van der Waals surface area contributed by atoms with Gasteiger partial charge in [0, 0.05) is 62.8 Å². The number of cyclic esters (lactones) is 2. The molecule has 0 radical (unpaired) electrons. The summed E-state index contributed by atoms with van der Waals surface area (Å²) in [5.41, 5.74) is 1.63. The van der Waals surface area contributed by atoms with E-state index in [4.69, 9.17) is 9.47 Å². The normalized spacial score (nSPS) is 19.1. The van der Waals surface area contributed by atoms with Crippen LogP contribution >= 0.6 is 0 Å². The Bertz CT molecular complexity index is 1350. The number of fused-ring (bicyclic) bond motifs is 3. The number of hydrogen-bond acceptors (Lipinski definition) is 8. The van der Waals surface area contributed by atoms with Crippen LogP contribution in [0.1, 0.15) is 39.7 Å². The number of allylic oxidation sites excluding steroid dienone is 3. The zero-order chi connectivity index (χ0) is 26.4. The van der Waals surface area contributed by atoms with Crippen LogP contribution in [0.25, 0.3) is 10.8 Å². The molecule has 0 aromatic heterocycles. The maximum absolute atomic E-state index is 12.5. The summed E-state index contributed by atoms with van der Waals surface area (Å²) in [7, 11) is 1.56. The molecule has 2 aromatic rings. The number of nitrogens with one attached hydrogen (secondary N) is 1. The van der Waals surface area contributed by atoms with Crippen LogP contribution in [-0.4, -0.2) is 42.1 Å². The monoisotopic (exact) mass is 493 g/mol. The molecule has 0 saturated carbocycles.